The highest BCUT2D eigenvalue weighted by atomic mass is 31.2. The van der Waals surface area contributed by atoms with Crippen molar-refractivity contribution in [3.8, 4) is 0 Å². The third-order valence-corrected chi connectivity index (χ3v) is 7.94. The van der Waals surface area contributed by atoms with Gasteiger partial charge in [-0.15, -0.1) is 0 Å². The minimum Gasteiger partial charge on any atom is -0.465 e. The highest BCUT2D eigenvalue weighted by Gasteiger charge is 2.30. The van der Waals surface area contributed by atoms with Gasteiger partial charge in [0.15, 0.2) is 7.51 Å². The van der Waals surface area contributed by atoms with Crippen LogP contribution in [0.15, 0.2) is 4.74 Å². The summed E-state index contributed by atoms with van der Waals surface area (Å²) in [6.07, 6.45) is 6.26. The minimum atomic E-state index is -1.71. The first kappa shape index (κ1) is 28.6. The summed E-state index contributed by atoms with van der Waals surface area (Å²) in [7, 11) is 10.9. The highest BCUT2D eigenvalue weighted by molar-refractivity contribution is 7.59. The SMILES string of the molecule is CCCCCCCCNC(=O)O.CN(C)P(=NC(C)(C)C)(N(C)C)N(C)C. The molecular weight excluding hydrogens is 361 g/mol. The molecule has 0 heterocycles. The third-order valence-electron chi connectivity index (χ3n) is 3.85. The average molecular weight is 408 g/mol. The molecule has 0 saturated carbocycles. The quantitative estimate of drug-likeness (QED) is 0.392. The Balaban J connectivity index is 0. The number of carbonyl (C=O) groups is 1. The summed E-state index contributed by atoms with van der Waals surface area (Å²) in [5.41, 5.74) is -0.0212. The summed E-state index contributed by atoms with van der Waals surface area (Å²) in [5.74, 6) is 0. The summed E-state index contributed by atoms with van der Waals surface area (Å²) in [6.45, 7) is 9.24. The molecule has 0 radical (unpaired) electrons. The second-order valence-electron chi connectivity index (χ2n) is 8.35. The van der Waals surface area contributed by atoms with Crippen molar-refractivity contribution in [1.82, 2.24) is 19.3 Å². The molecule has 7 nitrogen and oxygen atoms in total. The molecule has 0 aliphatic heterocycles. The zero-order chi connectivity index (χ0) is 21.7. The summed E-state index contributed by atoms with van der Waals surface area (Å²) >= 11 is 0. The standard InChI is InChI=1S/C10H27N4P.C9H19NO2/c1-10(2,3)11-15(12(4)5,13(6)7)14(8)9;1-2-3-4-5-6-7-8-10-9(11)12/h1-9H3;10H,2-8H2,1H3,(H,11,12). The summed E-state index contributed by atoms with van der Waals surface area (Å²) in [6, 6.07) is 0. The maximum atomic E-state index is 10.0. The van der Waals surface area contributed by atoms with E-state index in [-0.39, 0.29) is 5.54 Å². The molecule has 0 aromatic rings. The van der Waals surface area contributed by atoms with E-state index < -0.39 is 13.6 Å². The van der Waals surface area contributed by atoms with Crippen LogP contribution >= 0.6 is 7.51 Å². The molecule has 0 atom stereocenters. The van der Waals surface area contributed by atoms with E-state index in [0.717, 1.165) is 12.8 Å². The molecule has 164 valence electrons. The fourth-order valence-electron chi connectivity index (χ4n) is 2.84. The van der Waals surface area contributed by atoms with E-state index in [1.165, 1.54) is 25.7 Å². The highest BCUT2D eigenvalue weighted by Crippen LogP contribution is 2.56. The Morgan fingerprint density at radius 3 is 1.59 bits per heavy atom. The van der Waals surface area contributed by atoms with Gasteiger partial charge in [0, 0.05) is 6.54 Å². The molecule has 2 N–H and O–H groups in total. The summed E-state index contributed by atoms with van der Waals surface area (Å²) in [4.78, 5) is 10.0. The predicted molar refractivity (Wildman–Crippen MR) is 120 cm³/mol. The first-order chi connectivity index (χ1) is 12.3. The normalized spacial score (nSPS) is 12.2. The lowest BCUT2D eigenvalue weighted by atomic mass is 10.1. The zero-order valence-corrected chi connectivity index (χ0v) is 20.4. The van der Waals surface area contributed by atoms with Crippen LogP contribution in [0.2, 0.25) is 0 Å². The number of amides is 1. The van der Waals surface area contributed by atoms with E-state index >= 15 is 0 Å². The predicted octanol–water partition coefficient (Wildman–Crippen LogP) is 5.03. The van der Waals surface area contributed by atoms with Crippen LogP contribution in [0, 0.1) is 0 Å². The van der Waals surface area contributed by atoms with Gasteiger partial charge in [-0.2, -0.15) is 0 Å². The molecule has 0 fully saturated rings. The van der Waals surface area contributed by atoms with Crippen molar-refractivity contribution in [2.45, 2.75) is 71.8 Å². The molecule has 0 aromatic heterocycles. The fraction of sp³-hybridized carbons (Fsp3) is 0.947. The maximum absolute atomic E-state index is 10.0. The van der Waals surface area contributed by atoms with Crippen LogP contribution in [0.5, 0.6) is 0 Å². The van der Waals surface area contributed by atoms with Gasteiger partial charge in [0.1, 0.15) is 0 Å². The van der Waals surface area contributed by atoms with E-state index in [1.807, 2.05) is 0 Å². The van der Waals surface area contributed by atoms with E-state index in [2.05, 4.69) is 89.3 Å². The second kappa shape index (κ2) is 14.4. The van der Waals surface area contributed by atoms with E-state index in [1.54, 1.807) is 0 Å². The van der Waals surface area contributed by atoms with Crippen LogP contribution in [0.25, 0.3) is 0 Å². The van der Waals surface area contributed by atoms with Gasteiger partial charge < -0.3 is 10.4 Å². The molecule has 1 amide bonds. The minimum absolute atomic E-state index is 0.0212. The lowest BCUT2D eigenvalue weighted by molar-refractivity contribution is 0.194. The van der Waals surface area contributed by atoms with Crippen molar-refractivity contribution in [1.29, 1.82) is 0 Å². The first-order valence-electron chi connectivity index (χ1n) is 9.95. The monoisotopic (exact) mass is 407 g/mol. The van der Waals surface area contributed by atoms with Gasteiger partial charge in [-0.25, -0.2) is 4.79 Å². The molecule has 0 bridgehead atoms. The fourth-order valence-corrected chi connectivity index (χ4v) is 6.33. The number of nitrogens with one attached hydrogen (secondary N) is 1. The van der Waals surface area contributed by atoms with Crippen LogP contribution < -0.4 is 5.32 Å². The third kappa shape index (κ3) is 13.2. The Hall–Kier alpha value is -0.620. The van der Waals surface area contributed by atoms with Crippen LogP contribution in [0.1, 0.15) is 66.2 Å². The van der Waals surface area contributed by atoms with Crippen molar-refractivity contribution in [3.63, 3.8) is 0 Å². The van der Waals surface area contributed by atoms with Gasteiger partial charge in [0.05, 0.1) is 5.54 Å². The Kier molecular flexibility index (Phi) is 15.2. The summed E-state index contributed by atoms with van der Waals surface area (Å²) in [5, 5.41) is 10.6. The largest absolute Gasteiger partial charge is 0.465 e. The van der Waals surface area contributed by atoms with Crippen molar-refractivity contribution in [2.75, 3.05) is 48.8 Å². The van der Waals surface area contributed by atoms with Crippen molar-refractivity contribution >= 4 is 13.6 Å². The van der Waals surface area contributed by atoms with Gasteiger partial charge >= 0.3 is 6.09 Å². The number of hydrogen-bond donors (Lipinski definition) is 2. The molecule has 0 spiro atoms. The number of rotatable bonds is 10. The number of unbranched alkanes of at least 4 members (excludes halogenated alkanes) is 5. The molecule has 0 aliphatic rings. The van der Waals surface area contributed by atoms with Gasteiger partial charge in [-0.1, -0.05) is 39.0 Å². The number of hydrogen-bond acceptors (Lipinski definition) is 2. The average Bonchev–Trinajstić information content (AvgIpc) is 2.50. The topological polar surface area (TPSA) is 71.4 Å². The molecule has 8 heteroatoms. The van der Waals surface area contributed by atoms with Gasteiger partial charge in [-0.05, 0) is 69.5 Å². The van der Waals surface area contributed by atoms with Crippen LogP contribution in [0.3, 0.4) is 0 Å². The molecule has 27 heavy (non-hydrogen) atoms. The van der Waals surface area contributed by atoms with E-state index in [0.29, 0.717) is 6.54 Å². The molecule has 0 aliphatic carbocycles. The van der Waals surface area contributed by atoms with E-state index in [9.17, 15) is 4.79 Å². The Morgan fingerprint density at radius 2 is 1.30 bits per heavy atom. The van der Waals surface area contributed by atoms with Crippen LogP contribution in [0.4, 0.5) is 4.79 Å². The van der Waals surface area contributed by atoms with E-state index in [4.69, 9.17) is 9.85 Å². The smallest absolute Gasteiger partial charge is 0.404 e. The van der Waals surface area contributed by atoms with Crippen molar-refractivity contribution < 1.29 is 9.90 Å². The van der Waals surface area contributed by atoms with Crippen molar-refractivity contribution in [3.05, 3.63) is 0 Å². The summed E-state index contributed by atoms with van der Waals surface area (Å²) < 4.78 is 11.7. The lowest BCUT2D eigenvalue weighted by Crippen LogP contribution is -2.32. The zero-order valence-electron chi connectivity index (χ0n) is 19.5. The molecular formula is C19H46N5O2P. The molecule has 0 saturated heterocycles. The first-order valence-corrected chi connectivity index (χ1v) is 11.5. The maximum Gasteiger partial charge on any atom is 0.404 e. The molecule has 0 rings (SSSR count). The van der Waals surface area contributed by atoms with Crippen LogP contribution in [-0.4, -0.2) is 79.6 Å². The van der Waals surface area contributed by atoms with Crippen LogP contribution in [-0.2, 0) is 0 Å². The Bertz CT molecular complexity index is 417. The molecule has 0 aromatic carbocycles. The second-order valence-corrected chi connectivity index (χ2v) is 12.0. The van der Waals surface area contributed by atoms with Crippen molar-refractivity contribution in [2.24, 2.45) is 4.74 Å². The number of carboxylic acid groups (broad SMARTS) is 1. The van der Waals surface area contributed by atoms with Gasteiger partial charge in [0.25, 0.3) is 0 Å². The number of nitrogens with zero attached hydrogens (tertiary/aromatic N) is 4. The van der Waals surface area contributed by atoms with Gasteiger partial charge in [-0.3, -0.25) is 18.8 Å². The Labute approximate surface area is 168 Å². The lowest BCUT2D eigenvalue weighted by Gasteiger charge is -2.43. The Morgan fingerprint density at radius 1 is 0.889 bits per heavy atom. The van der Waals surface area contributed by atoms with Gasteiger partial charge in [0.2, 0.25) is 0 Å². The molecule has 0 unspecified atom stereocenters.